The molecule has 3 heteroatoms. The monoisotopic (exact) mass is 182 g/mol. The molecule has 0 aliphatic heterocycles. The summed E-state index contributed by atoms with van der Waals surface area (Å²) in [5.74, 6) is 0.427. The highest BCUT2D eigenvalue weighted by atomic mass is 16.2. The molecule has 0 heterocycles. The molecule has 3 N–H and O–H groups in total. The van der Waals surface area contributed by atoms with Gasteiger partial charge >= 0.3 is 0 Å². The molecule has 0 aromatic heterocycles. The van der Waals surface area contributed by atoms with Gasteiger partial charge in [-0.2, -0.15) is 0 Å². The molecule has 2 aliphatic carbocycles. The van der Waals surface area contributed by atoms with E-state index >= 15 is 0 Å². The third-order valence-electron chi connectivity index (χ3n) is 3.43. The highest BCUT2D eigenvalue weighted by Gasteiger charge is 2.38. The smallest absolute Gasteiger partial charge is 0.223 e. The van der Waals surface area contributed by atoms with Gasteiger partial charge in [0, 0.05) is 17.5 Å². The second-order valence-electron chi connectivity index (χ2n) is 4.83. The number of hydrogen-bond donors (Lipinski definition) is 2. The van der Waals surface area contributed by atoms with Crippen molar-refractivity contribution in [2.45, 2.75) is 50.6 Å². The molecule has 2 fully saturated rings. The molecule has 2 saturated carbocycles. The molecule has 0 bridgehead atoms. The maximum atomic E-state index is 11.6. The predicted octanol–water partition coefficient (Wildman–Crippen LogP) is 0.782. The molecule has 0 aromatic rings. The number of nitrogens with one attached hydrogen (secondary N) is 1. The van der Waals surface area contributed by atoms with Gasteiger partial charge in [-0.3, -0.25) is 4.79 Å². The zero-order valence-corrected chi connectivity index (χ0v) is 8.18. The first-order valence-corrected chi connectivity index (χ1v) is 5.17. The molecule has 0 spiro atoms. The number of nitrogens with two attached hydrogens (primary N) is 1. The molecule has 1 amide bonds. The lowest BCUT2D eigenvalue weighted by atomic mass is 9.76. The Hall–Kier alpha value is -0.570. The Morgan fingerprint density at radius 2 is 2.08 bits per heavy atom. The van der Waals surface area contributed by atoms with Crippen molar-refractivity contribution >= 4 is 5.91 Å². The van der Waals surface area contributed by atoms with Crippen LogP contribution in [0.3, 0.4) is 0 Å². The van der Waals surface area contributed by atoms with E-state index in [1.807, 2.05) is 0 Å². The minimum absolute atomic E-state index is 0.108. The zero-order chi connectivity index (χ0) is 9.47. The van der Waals surface area contributed by atoms with Crippen molar-refractivity contribution in [3.05, 3.63) is 0 Å². The standard InChI is InChI=1S/C10H18N2O/c1-10(3-2-4-10)12-9(13)7-5-8(11)6-7/h7-8H,2-6,11H2,1H3,(H,12,13). The fraction of sp³-hybridized carbons (Fsp3) is 0.900. The molecule has 2 aliphatic rings. The lowest BCUT2D eigenvalue weighted by Gasteiger charge is -2.42. The first-order valence-electron chi connectivity index (χ1n) is 5.17. The van der Waals surface area contributed by atoms with Crippen LogP contribution in [0.4, 0.5) is 0 Å². The van der Waals surface area contributed by atoms with Gasteiger partial charge in [-0.1, -0.05) is 0 Å². The summed E-state index contributed by atoms with van der Waals surface area (Å²) >= 11 is 0. The van der Waals surface area contributed by atoms with E-state index in [0.717, 1.165) is 25.7 Å². The molecule has 0 radical (unpaired) electrons. The van der Waals surface area contributed by atoms with E-state index in [2.05, 4.69) is 12.2 Å². The lowest BCUT2D eigenvalue weighted by Crippen LogP contribution is -2.55. The molecule has 0 aromatic carbocycles. The van der Waals surface area contributed by atoms with Crippen molar-refractivity contribution in [1.29, 1.82) is 0 Å². The summed E-state index contributed by atoms with van der Waals surface area (Å²) < 4.78 is 0. The van der Waals surface area contributed by atoms with E-state index in [9.17, 15) is 4.79 Å². The van der Waals surface area contributed by atoms with Crippen molar-refractivity contribution in [1.82, 2.24) is 5.32 Å². The van der Waals surface area contributed by atoms with Crippen LogP contribution in [0.15, 0.2) is 0 Å². The highest BCUT2D eigenvalue weighted by Crippen LogP contribution is 2.33. The van der Waals surface area contributed by atoms with Gasteiger partial charge in [-0.25, -0.2) is 0 Å². The van der Waals surface area contributed by atoms with E-state index in [-0.39, 0.29) is 23.4 Å². The Labute approximate surface area is 79.1 Å². The summed E-state index contributed by atoms with van der Waals surface area (Å²) in [6.07, 6.45) is 5.28. The van der Waals surface area contributed by atoms with Crippen molar-refractivity contribution in [3.63, 3.8) is 0 Å². The first-order chi connectivity index (χ1) is 6.09. The quantitative estimate of drug-likeness (QED) is 0.663. The number of hydrogen-bond acceptors (Lipinski definition) is 2. The van der Waals surface area contributed by atoms with E-state index in [1.165, 1.54) is 6.42 Å². The predicted molar refractivity (Wildman–Crippen MR) is 51.1 cm³/mol. The Kier molecular flexibility index (Phi) is 2.06. The third kappa shape index (κ3) is 1.70. The van der Waals surface area contributed by atoms with Crippen LogP contribution in [0.5, 0.6) is 0 Å². The minimum atomic E-state index is 0.108. The average molecular weight is 182 g/mol. The minimum Gasteiger partial charge on any atom is -0.351 e. The molecular formula is C10H18N2O. The van der Waals surface area contributed by atoms with Gasteiger partial charge < -0.3 is 11.1 Å². The number of amides is 1. The molecular weight excluding hydrogens is 164 g/mol. The van der Waals surface area contributed by atoms with Crippen LogP contribution in [0.2, 0.25) is 0 Å². The Bertz CT molecular complexity index is 217. The molecule has 0 atom stereocenters. The second kappa shape index (κ2) is 2.98. The van der Waals surface area contributed by atoms with Crippen LogP contribution in [-0.4, -0.2) is 17.5 Å². The third-order valence-corrected chi connectivity index (χ3v) is 3.43. The molecule has 0 saturated heterocycles. The lowest BCUT2D eigenvalue weighted by molar-refractivity contribution is -0.130. The zero-order valence-electron chi connectivity index (χ0n) is 8.18. The van der Waals surface area contributed by atoms with Gasteiger partial charge in [-0.15, -0.1) is 0 Å². The highest BCUT2D eigenvalue weighted by molar-refractivity contribution is 5.80. The second-order valence-corrected chi connectivity index (χ2v) is 4.83. The van der Waals surface area contributed by atoms with Crippen molar-refractivity contribution in [3.8, 4) is 0 Å². The molecule has 13 heavy (non-hydrogen) atoms. The largest absolute Gasteiger partial charge is 0.351 e. The fourth-order valence-corrected chi connectivity index (χ4v) is 2.11. The summed E-state index contributed by atoms with van der Waals surface area (Å²) in [5.41, 5.74) is 5.74. The van der Waals surface area contributed by atoms with Crippen molar-refractivity contribution in [2.75, 3.05) is 0 Å². The average Bonchev–Trinajstić information content (AvgIpc) is 1.95. The van der Waals surface area contributed by atoms with Crippen LogP contribution < -0.4 is 11.1 Å². The summed E-state index contributed by atoms with van der Waals surface area (Å²) in [4.78, 5) is 11.6. The summed E-state index contributed by atoms with van der Waals surface area (Å²) in [5, 5.41) is 3.12. The molecule has 2 rings (SSSR count). The van der Waals surface area contributed by atoms with Crippen molar-refractivity contribution in [2.24, 2.45) is 11.7 Å². The first kappa shape index (κ1) is 9.00. The molecule has 74 valence electrons. The normalized spacial score (nSPS) is 35.8. The Morgan fingerprint density at radius 1 is 1.46 bits per heavy atom. The number of rotatable bonds is 2. The summed E-state index contributed by atoms with van der Waals surface area (Å²) in [7, 11) is 0. The number of carbonyl (C=O) groups is 1. The van der Waals surface area contributed by atoms with Gasteiger partial charge in [0.05, 0.1) is 0 Å². The van der Waals surface area contributed by atoms with Crippen LogP contribution in [-0.2, 0) is 4.79 Å². The topological polar surface area (TPSA) is 55.1 Å². The van der Waals surface area contributed by atoms with Gasteiger partial charge in [-0.05, 0) is 39.0 Å². The van der Waals surface area contributed by atoms with Gasteiger partial charge in [0.15, 0.2) is 0 Å². The Balaban J connectivity index is 1.78. The maximum absolute atomic E-state index is 11.6. The summed E-state index contributed by atoms with van der Waals surface area (Å²) in [6.45, 7) is 2.13. The van der Waals surface area contributed by atoms with Crippen LogP contribution in [0.25, 0.3) is 0 Å². The van der Waals surface area contributed by atoms with Crippen LogP contribution in [0, 0.1) is 5.92 Å². The van der Waals surface area contributed by atoms with Crippen LogP contribution >= 0.6 is 0 Å². The summed E-state index contributed by atoms with van der Waals surface area (Å²) in [6, 6.07) is 0.268. The van der Waals surface area contributed by atoms with E-state index in [0.29, 0.717) is 0 Å². The molecule has 3 nitrogen and oxygen atoms in total. The van der Waals surface area contributed by atoms with Crippen molar-refractivity contribution < 1.29 is 4.79 Å². The van der Waals surface area contributed by atoms with E-state index in [1.54, 1.807) is 0 Å². The SMILES string of the molecule is CC1(NC(=O)C2CC(N)C2)CCC1. The van der Waals surface area contributed by atoms with E-state index < -0.39 is 0 Å². The maximum Gasteiger partial charge on any atom is 0.223 e. The Morgan fingerprint density at radius 3 is 2.46 bits per heavy atom. The fourth-order valence-electron chi connectivity index (χ4n) is 2.11. The van der Waals surface area contributed by atoms with Gasteiger partial charge in [0.25, 0.3) is 0 Å². The van der Waals surface area contributed by atoms with Gasteiger partial charge in [0.1, 0.15) is 0 Å². The van der Waals surface area contributed by atoms with E-state index in [4.69, 9.17) is 5.73 Å². The number of carbonyl (C=O) groups excluding carboxylic acids is 1. The van der Waals surface area contributed by atoms with Gasteiger partial charge in [0.2, 0.25) is 5.91 Å². The molecule has 0 unspecified atom stereocenters. The van der Waals surface area contributed by atoms with Crippen LogP contribution in [0.1, 0.15) is 39.0 Å².